The molecule has 1 saturated carbocycles. The van der Waals surface area contributed by atoms with E-state index in [0.29, 0.717) is 12.6 Å². The Balaban J connectivity index is 1.82. The molecule has 1 aliphatic heterocycles. The van der Waals surface area contributed by atoms with Gasteiger partial charge in [0, 0.05) is 13.1 Å². The third-order valence-electron chi connectivity index (χ3n) is 4.32. The molecule has 1 saturated heterocycles. The predicted molar refractivity (Wildman–Crippen MR) is 90.2 cm³/mol. The molecule has 0 aromatic rings. The first-order valence-electron chi connectivity index (χ1n) is 8.67. The van der Waals surface area contributed by atoms with Gasteiger partial charge in [0.05, 0.1) is 24.7 Å². The normalized spacial score (nSPS) is 30.2. The highest BCUT2D eigenvalue weighted by Crippen LogP contribution is 2.28. The molecule has 1 heterocycles. The van der Waals surface area contributed by atoms with Crippen molar-refractivity contribution < 1.29 is 14.3 Å². The lowest BCUT2D eigenvalue weighted by Gasteiger charge is -2.33. The first-order valence-corrected chi connectivity index (χ1v) is 8.67. The van der Waals surface area contributed by atoms with E-state index in [-0.39, 0.29) is 24.0 Å². The number of hydrogen-bond donors (Lipinski definition) is 1. The van der Waals surface area contributed by atoms with Crippen LogP contribution in [0.1, 0.15) is 53.4 Å². The van der Waals surface area contributed by atoms with Gasteiger partial charge in [0.1, 0.15) is 5.60 Å². The van der Waals surface area contributed by atoms with Crippen molar-refractivity contribution in [2.45, 2.75) is 71.1 Å². The zero-order chi connectivity index (χ0) is 17.0. The van der Waals surface area contributed by atoms with Crippen LogP contribution in [-0.2, 0) is 14.3 Å². The molecule has 6 heteroatoms. The van der Waals surface area contributed by atoms with E-state index in [2.05, 4.69) is 9.89 Å². The van der Waals surface area contributed by atoms with Gasteiger partial charge >= 0.3 is 5.97 Å². The van der Waals surface area contributed by atoms with Crippen LogP contribution in [0.15, 0.2) is 4.99 Å². The monoisotopic (exact) mass is 325 g/mol. The predicted octanol–water partition coefficient (Wildman–Crippen LogP) is 1.92. The van der Waals surface area contributed by atoms with Crippen molar-refractivity contribution in [2.75, 3.05) is 19.7 Å². The molecule has 0 amide bonds. The molecule has 1 atom stereocenters. The second-order valence-corrected chi connectivity index (χ2v) is 7.65. The Kier molecular flexibility index (Phi) is 5.89. The van der Waals surface area contributed by atoms with E-state index in [0.717, 1.165) is 38.8 Å². The van der Waals surface area contributed by atoms with Crippen molar-refractivity contribution >= 4 is 11.9 Å². The summed E-state index contributed by atoms with van der Waals surface area (Å²) in [5.41, 5.74) is 5.73. The van der Waals surface area contributed by atoms with Crippen LogP contribution in [0, 0.1) is 5.92 Å². The molecular formula is C17H31N3O3. The van der Waals surface area contributed by atoms with Crippen molar-refractivity contribution in [2.24, 2.45) is 16.6 Å². The molecular weight excluding hydrogens is 294 g/mol. The van der Waals surface area contributed by atoms with Crippen LogP contribution in [0.2, 0.25) is 0 Å². The summed E-state index contributed by atoms with van der Waals surface area (Å²) in [4.78, 5) is 18.9. The van der Waals surface area contributed by atoms with Gasteiger partial charge in [-0.15, -0.1) is 0 Å². The fraction of sp³-hybridized carbons (Fsp3) is 0.882. The van der Waals surface area contributed by atoms with Crippen molar-refractivity contribution in [3.05, 3.63) is 0 Å². The average molecular weight is 325 g/mol. The maximum Gasteiger partial charge on any atom is 0.309 e. The minimum absolute atomic E-state index is 0.00492. The Bertz CT molecular complexity index is 437. The molecule has 6 nitrogen and oxygen atoms in total. The molecule has 0 aromatic heterocycles. The molecule has 2 aliphatic rings. The number of morpholine rings is 1. The first kappa shape index (κ1) is 18.0. The number of carbonyl (C=O) groups excluding carboxylic acids is 1. The average Bonchev–Trinajstić information content (AvgIpc) is 2.46. The van der Waals surface area contributed by atoms with Gasteiger partial charge in [-0.05, 0) is 53.4 Å². The fourth-order valence-electron chi connectivity index (χ4n) is 3.12. The highest BCUT2D eigenvalue weighted by Gasteiger charge is 2.30. The summed E-state index contributed by atoms with van der Waals surface area (Å²) in [6, 6.07) is 0.215. The van der Waals surface area contributed by atoms with Gasteiger partial charge in [0.15, 0.2) is 5.96 Å². The third-order valence-corrected chi connectivity index (χ3v) is 4.32. The molecule has 0 aromatic carbocycles. The molecule has 0 bridgehead atoms. The van der Waals surface area contributed by atoms with E-state index in [1.807, 2.05) is 27.7 Å². The fourth-order valence-corrected chi connectivity index (χ4v) is 3.12. The van der Waals surface area contributed by atoms with E-state index >= 15 is 0 Å². The lowest BCUT2D eigenvalue weighted by molar-refractivity contribution is -0.161. The number of nitrogens with two attached hydrogens (primary N) is 1. The number of hydrogen-bond acceptors (Lipinski definition) is 4. The number of esters is 1. The smallest absolute Gasteiger partial charge is 0.309 e. The summed E-state index contributed by atoms with van der Waals surface area (Å²) in [5, 5.41) is 0. The number of nitrogens with zero attached hydrogens (tertiary/aromatic N) is 2. The van der Waals surface area contributed by atoms with Crippen molar-refractivity contribution in [1.29, 1.82) is 0 Å². The minimum atomic E-state index is -0.413. The Morgan fingerprint density at radius 3 is 2.48 bits per heavy atom. The molecule has 2 N–H and O–H groups in total. The van der Waals surface area contributed by atoms with Gasteiger partial charge in [-0.3, -0.25) is 4.79 Å². The second-order valence-electron chi connectivity index (χ2n) is 7.65. The Hall–Kier alpha value is -1.30. The Labute approximate surface area is 139 Å². The number of rotatable bonds is 2. The van der Waals surface area contributed by atoms with E-state index < -0.39 is 5.60 Å². The number of aliphatic imine (C=N–C) groups is 1. The van der Waals surface area contributed by atoms with Gasteiger partial charge in [0.2, 0.25) is 0 Å². The molecule has 23 heavy (non-hydrogen) atoms. The number of ether oxygens (including phenoxy) is 2. The third kappa shape index (κ3) is 5.68. The summed E-state index contributed by atoms with van der Waals surface area (Å²) >= 11 is 0. The van der Waals surface area contributed by atoms with Crippen LogP contribution in [0.5, 0.6) is 0 Å². The SMILES string of the molecule is CC1CN(C(N)=NC2CCC(C(=O)OC(C)(C)C)CC2)CCO1. The zero-order valence-electron chi connectivity index (χ0n) is 14.9. The molecule has 1 unspecified atom stereocenters. The number of guanidine groups is 1. The first-order chi connectivity index (χ1) is 10.7. The van der Waals surface area contributed by atoms with Gasteiger partial charge < -0.3 is 20.1 Å². The van der Waals surface area contributed by atoms with E-state index in [4.69, 9.17) is 15.2 Å². The van der Waals surface area contributed by atoms with Gasteiger partial charge in [-0.1, -0.05) is 0 Å². The maximum atomic E-state index is 12.1. The largest absolute Gasteiger partial charge is 0.460 e. The van der Waals surface area contributed by atoms with Gasteiger partial charge in [-0.25, -0.2) is 4.99 Å². The van der Waals surface area contributed by atoms with Crippen molar-refractivity contribution in [3.8, 4) is 0 Å². The van der Waals surface area contributed by atoms with Crippen LogP contribution in [0.3, 0.4) is 0 Å². The van der Waals surface area contributed by atoms with Gasteiger partial charge in [0.25, 0.3) is 0 Å². The van der Waals surface area contributed by atoms with E-state index in [9.17, 15) is 4.79 Å². The van der Waals surface area contributed by atoms with Crippen LogP contribution in [0.25, 0.3) is 0 Å². The van der Waals surface area contributed by atoms with Gasteiger partial charge in [-0.2, -0.15) is 0 Å². The van der Waals surface area contributed by atoms with Crippen molar-refractivity contribution in [3.63, 3.8) is 0 Å². The van der Waals surface area contributed by atoms with Crippen LogP contribution in [-0.4, -0.2) is 54.3 Å². The molecule has 2 rings (SSSR count). The molecule has 1 aliphatic carbocycles. The molecule has 2 fully saturated rings. The molecule has 132 valence electrons. The highest BCUT2D eigenvalue weighted by atomic mass is 16.6. The summed E-state index contributed by atoms with van der Waals surface area (Å²) in [7, 11) is 0. The minimum Gasteiger partial charge on any atom is -0.460 e. The number of carbonyl (C=O) groups is 1. The summed E-state index contributed by atoms with van der Waals surface area (Å²) in [6.07, 6.45) is 3.64. The maximum absolute atomic E-state index is 12.1. The molecule has 0 spiro atoms. The Morgan fingerprint density at radius 1 is 1.26 bits per heavy atom. The lowest BCUT2D eigenvalue weighted by Crippen LogP contribution is -2.48. The summed E-state index contributed by atoms with van der Waals surface area (Å²) in [6.45, 7) is 10.1. The van der Waals surface area contributed by atoms with Crippen LogP contribution >= 0.6 is 0 Å². The Morgan fingerprint density at radius 2 is 1.91 bits per heavy atom. The summed E-state index contributed by atoms with van der Waals surface area (Å²) in [5.74, 6) is 0.543. The van der Waals surface area contributed by atoms with Crippen molar-refractivity contribution in [1.82, 2.24) is 4.90 Å². The second kappa shape index (κ2) is 7.51. The topological polar surface area (TPSA) is 77.2 Å². The van der Waals surface area contributed by atoms with Crippen LogP contribution < -0.4 is 5.73 Å². The standard InChI is InChI=1S/C17H31N3O3/c1-12-11-20(9-10-22-12)16(18)19-14-7-5-13(6-8-14)15(21)23-17(2,3)4/h12-14H,5-11H2,1-4H3,(H2,18,19). The summed E-state index contributed by atoms with van der Waals surface area (Å²) < 4.78 is 11.0. The molecule has 0 radical (unpaired) electrons. The van der Waals surface area contributed by atoms with E-state index in [1.54, 1.807) is 0 Å². The highest BCUT2D eigenvalue weighted by molar-refractivity contribution is 5.78. The lowest BCUT2D eigenvalue weighted by atomic mass is 9.86. The quantitative estimate of drug-likeness (QED) is 0.477. The van der Waals surface area contributed by atoms with E-state index in [1.165, 1.54) is 0 Å². The zero-order valence-corrected chi connectivity index (χ0v) is 14.9. The van der Waals surface area contributed by atoms with Crippen LogP contribution in [0.4, 0.5) is 0 Å².